The van der Waals surface area contributed by atoms with E-state index in [4.69, 9.17) is 0 Å². The molecule has 2 heterocycles. The van der Waals surface area contributed by atoms with Crippen LogP contribution in [0.1, 0.15) is 11.3 Å². The highest BCUT2D eigenvalue weighted by atomic mass is 79.9. The molecule has 0 aromatic carbocycles. The topological polar surface area (TPSA) is 37.8 Å². The number of rotatable bonds is 3. The molecule has 17 heavy (non-hydrogen) atoms. The van der Waals surface area contributed by atoms with Crippen molar-refractivity contribution in [2.24, 2.45) is 0 Å². The average Bonchev–Trinajstić information content (AvgIpc) is 2.31. The molecule has 0 saturated heterocycles. The third-order valence-corrected chi connectivity index (χ3v) is 3.53. The Morgan fingerprint density at radius 1 is 1.29 bits per heavy atom. The van der Waals surface area contributed by atoms with Gasteiger partial charge in [-0.05, 0) is 62.5 Å². The van der Waals surface area contributed by atoms with Crippen molar-refractivity contribution >= 4 is 37.5 Å². The number of nitrogens with zero attached hydrogens (tertiary/aromatic N) is 2. The molecule has 2 rings (SSSR count). The SMILES string of the molecule is Cc1cc(NCc2cccc(Br)n2)cnc1Br. The van der Waals surface area contributed by atoms with Crippen LogP contribution < -0.4 is 5.32 Å². The van der Waals surface area contributed by atoms with E-state index in [2.05, 4.69) is 53.2 Å². The molecule has 2 aromatic heterocycles. The lowest BCUT2D eigenvalue weighted by atomic mass is 10.3. The van der Waals surface area contributed by atoms with Crippen molar-refractivity contribution in [3.05, 3.63) is 50.9 Å². The van der Waals surface area contributed by atoms with Gasteiger partial charge in [0.25, 0.3) is 0 Å². The quantitative estimate of drug-likeness (QED) is 0.847. The van der Waals surface area contributed by atoms with Gasteiger partial charge in [-0.15, -0.1) is 0 Å². The molecule has 0 fully saturated rings. The van der Waals surface area contributed by atoms with Crippen molar-refractivity contribution in [1.29, 1.82) is 0 Å². The Kier molecular flexibility index (Phi) is 4.12. The van der Waals surface area contributed by atoms with Gasteiger partial charge in [0.05, 0.1) is 24.1 Å². The third-order valence-electron chi connectivity index (χ3n) is 2.26. The number of anilines is 1. The van der Waals surface area contributed by atoms with E-state index in [1.807, 2.05) is 25.1 Å². The molecule has 2 aromatic rings. The predicted molar refractivity (Wildman–Crippen MR) is 75.9 cm³/mol. The van der Waals surface area contributed by atoms with Gasteiger partial charge in [0.1, 0.15) is 9.21 Å². The second-order valence-corrected chi connectivity index (χ2v) is 5.20. The summed E-state index contributed by atoms with van der Waals surface area (Å²) in [5, 5.41) is 3.29. The number of aromatic nitrogens is 2. The minimum absolute atomic E-state index is 0.683. The lowest BCUT2D eigenvalue weighted by Gasteiger charge is -2.07. The minimum atomic E-state index is 0.683. The molecule has 0 radical (unpaired) electrons. The molecule has 0 spiro atoms. The zero-order valence-electron chi connectivity index (χ0n) is 9.24. The smallest absolute Gasteiger partial charge is 0.109 e. The van der Waals surface area contributed by atoms with Crippen LogP contribution in [0.4, 0.5) is 5.69 Å². The van der Waals surface area contributed by atoms with E-state index in [0.717, 1.165) is 26.2 Å². The number of hydrogen-bond acceptors (Lipinski definition) is 3. The summed E-state index contributed by atoms with van der Waals surface area (Å²) < 4.78 is 1.73. The Balaban J connectivity index is 2.05. The number of pyridine rings is 2. The molecular formula is C12H11Br2N3. The predicted octanol–water partition coefficient (Wildman–Crippen LogP) is 3.92. The fourth-order valence-corrected chi connectivity index (χ4v) is 1.99. The highest BCUT2D eigenvalue weighted by Crippen LogP contribution is 2.17. The van der Waals surface area contributed by atoms with E-state index >= 15 is 0 Å². The van der Waals surface area contributed by atoms with Crippen LogP contribution in [-0.4, -0.2) is 9.97 Å². The van der Waals surface area contributed by atoms with Gasteiger partial charge >= 0.3 is 0 Å². The molecule has 3 nitrogen and oxygen atoms in total. The van der Waals surface area contributed by atoms with Crippen LogP contribution >= 0.6 is 31.9 Å². The Morgan fingerprint density at radius 2 is 2.12 bits per heavy atom. The van der Waals surface area contributed by atoms with Gasteiger partial charge in [-0.2, -0.15) is 0 Å². The van der Waals surface area contributed by atoms with E-state index in [-0.39, 0.29) is 0 Å². The summed E-state index contributed by atoms with van der Waals surface area (Å²) in [5.41, 5.74) is 3.09. The van der Waals surface area contributed by atoms with Gasteiger partial charge in [0.2, 0.25) is 0 Å². The Morgan fingerprint density at radius 3 is 2.82 bits per heavy atom. The van der Waals surface area contributed by atoms with Crippen molar-refractivity contribution in [2.75, 3.05) is 5.32 Å². The summed E-state index contributed by atoms with van der Waals surface area (Å²) in [7, 11) is 0. The van der Waals surface area contributed by atoms with E-state index in [9.17, 15) is 0 Å². The van der Waals surface area contributed by atoms with Crippen LogP contribution in [0.2, 0.25) is 0 Å². The van der Waals surface area contributed by atoms with Crippen molar-refractivity contribution in [3.63, 3.8) is 0 Å². The summed E-state index contributed by atoms with van der Waals surface area (Å²) in [6.45, 7) is 2.70. The molecule has 0 atom stereocenters. The van der Waals surface area contributed by atoms with Gasteiger partial charge in [-0.3, -0.25) is 0 Å². The van der Waals surface area contributed by atoms with Crippen LogP contribution in [0.3, 0.4) is 0 Å². The maximum atomic E-state index is 4.35. The van der Waals surface area contributed by atoms with Crippen LogP contribution in [0.15, 0.2) is 39.7 Å². The average molecular weight is 357 g/mol. The van der Waals surface area contributed by atoms with E-state index < -0.39 is 0 Å². The largest absolute Gasteiger partial charge is 0.378 e. The Bertz CT molecular complexity index is 529. The molecular weight excluding hydrogens is 346 g/mol. The second-order valence-electron chi connectivity index (χ2n) is 3.64. The molecule has 88 valence electrons. The lowest BCUT2D eigenvalue weighted by Crippen LogP contribution is -2.02. The standard InChI is InChI=1S/C12H11Br2N3/c1-8-5-10(7-16-12(8)14)15-6-9-3-2-4-11(13)17-9/h2-5,7,15H,6H2,1H3. The molecule has 0 amide bonds. The molecule has 0 aliphatic rings. The molecule has 0 aliphatic heterocycles. The zero-order valence-corrected chi connectivity index (χ0v) is 12.4. The van der Waals surface area contributed by atoms with E-state index in [0.29, 0.717) is 6.54 Å². The monoisotopic (exact) mass is 355 g/mol. The van der Waals surface area contributed by atoms with E-state index in [1.165, 1.54) is 0 Å². The summed E-state index contributed by atoms with van der Waals surface area (Å²) in [6.07, 6.45) is 1.80. The normalized spacial score (nSPS) is 10.3. The third kappa shape index (κ3) is 3.51. The van der Waals surface area contributed by atoms with Crippen LogP contribution in [-0.2, 0) is 6.54 Å². The first kappa shape index (κ1) is 12.5. The summed E-state index contributed by atoms with van der Waals surface area (Å²) in [5.74, 6) is 0. The summed E-state index contributed by atoms with van der Waals surface area (Å²) in [4.78, 5) is 8.59. The summed E-state index contributed by atoms with van der Waals surface area (Å²) in [6, 6.07) is 7.92. The molecule has 0 aliphatic carbocycles. The van der Waals surface area contributed by atoms with Crippen molar-refractivity contribution in [1.82, 2.24) is 9.97 Å². The summed E-state index contributed by atoms with van der Waals surface area (Å²) >= 11 is 6.73. The van der Waals surface area contributed by atoms with Crippen LogP contribution in [0.5, 0.6) is 0 Å². The van der Waals surface area contributed by atoms with Gasteiger partial charge < -0.3 is 5.32 Å². The highest BCUT2D eigenvalue weighted by Gasteiger charge is 1.99. The number of hydrogen-bond donors (Lipinski definition) is 1. The Labute approximate surface area is 117 Å². The van der Waals surface area contributed by atoms with Gasteiger partial charge in [-0.25, -0.2) is 9.97 Å². The Hall–Kier alpha value is -0.940. The second kappa shape index (κ2) is 5.60. The van der Waals surface area contributed by atoms with Crippen LogP contribution in [0, 0.1) is 6.92 Å². The maximum absolute atomic E-state index is 4.35. The van der Waals surface area contributed by atoms with Crippen molar-refractivity contribution < 1.29 is 0 Å². The first-order valence-corrected chi connectivity index (χ1v) is 6.71. The van der Waals surface area contributed by atoms with Crippen molar-refractivity contribution in [2.45, 2.75) is 13.5 Å². The first-order chi connectivity index (χ1) is 8.15. The van der Waals surface area contributed by atoms with Crippen molar-refractivity contribution in [3.8, 4) is 0 Å². The number of aryl methyl sites for hydroxylation is 1. The molecule has 1 N–H and O–H groups in total. The first-order valence-electron chi connectivity index (χ1n) is 5.12. The number of halogens is 2. The minimum Gasteiger partial charge on any atom is -0.378 e. The van der Waals surface area contributed by atoms with Gasteiger partial charge in [0, 0.05) is 0 Å². The van der Waals surface area contributed by atoms with Gasteiger partial charge in [-0.1, -0.05) is 6.07 Å². The lowest BCUT2D eigenvalue weighted by molar-refractivity contribution is 1.03. The number of nitrogens with one attached hydrogen (secondary N) is 1. The molecule has 0 saturated carbocycles. The fraction of sp³-hybridized carbons (Fsp3) is 0.167. The highest BCUT2D eigenvalue weighted by molar-refractivity contribution is 9.10. The molecule has 0 unspecified atom stereocenters. The fourth-order valence-electron chi connectivity index (χ4n) is 1.40. The van der Waals surface area contributed by atoms with E-state index in [1.54, 1.807) is 6.20 Å². The molecule has 5 heteroatoms. The van der Waals surface area contributed by atoms with Crippen LogP contribution in [0.25, 0.3) is 0 Å². The van der Waals surface area contributed by atoms with Gasteiger partial charge in [0.15, 0.2) is 0 Å². The zero-order chi connectivity index (χ0) is 12.3. The maximum Gasteiger partial charge on any atom is 0.109 e. The molecule has 0 bridgehead atoms.